The highest BCUT2D eigenvalue weighted by Gasteiger charge is 2.20. The van der Waals surface area contributed by atoms with Crippen molar-refractivity contribution in [3.05, 3.63) is 29.8 Å². The molecule has 1 N–H and O–H groups in total. The molecule has 0 spiro atoms. The van der Waals surface area contributed by atoms with Crippen molar-refractivity contribution in [2.75, 3.05) is 6.54 Å². The van der Waals surface area contributed by atoms with Crippen molar-refractivity contribution < 1.29 is 4.74 Å². The molecular weight excluding hydrogens is 186 g/mol. The lowest BCUT2D eigenvalue weighted by Crippen LogP contribution is -2.22. The fourth-order valence-corrected chi connectivity index (χ4v) is 1.56. The molecule has 0 radical (unpaired) electrons. The van der Waals surface area contributed by atoms with E-state index in [0.29, 0.717) is 6.04 Å². The number of nitrogens with one attached hydrogen (secondary N) is 1. The molecule has 1 aliphatic rings. The van der Waals surface area contributed by atoms with Gasteiger partial charge in [0.25, 0.3) is 0 Å². The van der Waals surface area contributed by atoms with Crippen molar-refractivity contribution in [3.8, 4) is 5.75 Å². The number of benzene rings is 1. The molecule has 1 aromatic rings. The van der Waals surface area contributed by atoms with Crippen molar-refractivity contribution in [2.45, 2.75) is 38.8 Å². The first-order valence-electron chi connectivity index (χ1n) is 5.54. The molecule has 0 unspecified atom stereocenters. The summed E-state index contributed by atoms with van der Waals surface area (Å²) < 4.78 is 5.76. The molecule has 2 nitrogen and oxygen atoms in total. The largest absolute Gasteiger partial charge is 0.488 e. The second-order valence-corrected chi connectivity index (χ2v) is 5.17. The van der Waals surface area contributed by atoms with E-state index in [0.717, 1.165) is 12.2 Å². The third-order valence-corrected chi connectivity index (χ3v) is 2.32. The molecule has 1 heterocycles. The van der Waals surface area contributed by atoms with Crippen molar-refractivity contribution in [3.63, 3.8) is 0 Å². The zero-order chi connectivity index (χ0) is 10.9. The Morgan fingerprint density at radius 2 is 1.87 bits per heavy atom. The van der Waals surface area contributed by atoms with Crippen LogP contribution in [0.3, 0.4) is 0 Å². The minimum atomic E-state index is -0.112. The maximum Gasteiger partial charge on any atom is 0.120 e. The number of hydrogen-bond donors (Lipinski definition) is 1. The van der Waals surface area contributed by atoms with Gasteiger partial charge in [-0.3, -0.25) is 0 Å². The molecular formula is C13H19NO. The lowest BCUT2D eigenvalue weighted by Gasteiger charge is -2.21. The maximum atomic E-state index is 5.76. The van der Waals surface area contributed by atoms with Gasteiger partial charge in [-0.1, -0.05) is 12.1 Å². The first-order chi connectivity index (χ1) is 7.03. The van der Waals surface area contributed by atoms with Crippen LogP contribution in [0.5, 0.6) is 5.75 Å². The second kappa shape index (κ2) is 3.86. The summed E-state index contributed by atoms with van der Waals surface area (Å²) in [5.74, 6) is 0.954. The highest BCUT2D eigenvalue weighted by Crippen LogP contribution is 2.19. The Hall–Kier alpha value is -1.02. The Kier molecular flexibility index (Phi) is 2.70. The van der Waals surface area contributed by atoms with Gasteiger partial charge in [-0.15, -0.1) is 0 Å². The van der Waals surface area contributed by atoms with E-state index in [1.807, 2.05) is 0 Å². The van der Waals surface area contributed by atoms with E-state index in [1.54, 1.807) is 0 Å². The summed E-state index contributed by atoms with van der Waals surface area (Å²) in [6.45, 7) is 7.36. The Bertz CT molecular complexity index is 319. The molecule has 0 aliphatic carbocycles. The molecule has 1 aromatic carbocycles. The number of rotatable bonds is 3. The quantitative estimate of drug-likeness (QED) is 0.768. The Morgan fingerprint density at radius 1 is 1.27 bits per heavy atom. The van der Waals surface area contributed by atoms with Gasteiger partial charge in [0.15, 0.2) is 0 Å². The molecule has 0 bridgehead atoms. The summed E-state index contributed by atoms with van der Waals surface area (Å²) in [7, 11) is 0. The normalized spacial score (nSPS) is 20.1. The Balaban J connectivity index is 1.96. The van der Waals surface area contributed by atoms with E-state index >= 15 is 0 Å². The minimum absolute atomic E-state index is 0.112. The molecule has 15 heavy (non-hydrogen) atoms. The second-order valence-electron chi connectivity index (χ2n) is 5.17. The zero-order valence-electron chi connectivity index (χ0n) is 9.71. The standard InChI is InChI=1S/C13H19NO/c1-13(2,3)15-12-6-4-10(5-7-12)8-11-9-14-11/h4-7,11,14H,8-9H2,1-3H3/t11-/m0/s1. The summed E-state index contributed by atoms with van der Waals surface area (Å²) in [4.78, 5) is 0. The summed E-state index contributed by atoms with van der Waals surface area (Å²) in [6, 6.07) is 9.13. The smallest absolute Gasteiger partial charge is 0.120 e. The Morgan fingerprint density at radius 3 is 2.33 bits per heavy atom. The van der Waals surface area contributed by atoms with E-state index < -0.39 is 0 Å². The van der Waals surface area contributed by atoms with Gasteiger partial charge < -0.3 is 10.1 Å². The molecule has 2 rings (SSSR count). The lowest BCUT2D eigenvalue weighted by atomic mass is 10.1. The van der Waals surface area contributed by atoms with Gasteiger partial charge in [-0.05, 0) is 44.9 Å². The molecule has 0 amide bonds. The van der Waals surface area contributed by atoms with Gasteiger partial charge in [-0.2, -0.15) is 0 Å². The van der Waals surface area contributed by atoms with Crippen LogP contribution < -0.4 is 10.1 Å². The molecule has 0 aromatic heterocycles. The van der Waals surface area contributed by atoms with E-state index in [9.17, 15) is 0 Å². The van der Waals surface area contributed by atoms with Crippen LogP contribution in [0.4, 0.5) is 0 Å². The highest BCUT2D eigenvalue weighted by molar-refractivity contribution is 5.28. The van der Waals surface area contributed by atoms with Crippen LogP contribution in [-0.2, 0) is 6.42 Å². The van der Waals surface area contributed by atoms with Crippen LogP contribution in [0, 0.1) is 0 Å². The van der Waals surface area contributed by atoms with Gasteiger partial charge in [-0.25, -0.2) is 0 Å². The zero-order valence-corrected chi connectivity index (χ0v) is 9.71. The summed E-state index contributed by atoms with van der Waals surface area (Å²) in [5, 5.41) is 3.30. The highest BCUT2D eigenvalue weighted by atomic mass is 16.5. The van der Waals surface area contributed by atoms with Crippen LogP contribution in [0.25, 0.3) is 0 Å². The molecule has 1 atom stereocenters. The predicted molar refractivity (Wildman–Crippen MR) is 62.3 cm³/mol. The van der Waals surface area contributed by atoms with Crippen molar-refractivity contribution in [1.29, 1.82) is 0 Å². The van der Waals surface area contributed by atoms with Crippen LogP contribution in [0.1, 0.15) is 26.3 Å². The Labute approximate surface area is 91.6 Å². The first-order valence-corrected chi connectivity index (χ1v) is 5.54. The monoisotopic (exact) mass is 205 g/mol. The maximum absolute atomic E-state index is 5.76. The summed E-state index contributed by atoms with van der Waals surface area (Å²) in [5.41, 5.74) is 1.27. The molecule has 1 saturated heterocycles. The lowest BCUT2D eigenvalue weighted by molar-refractivity contribution is 0.131. The van der Waals surface area contributed by atoms with Crippen LogP contribution in [0.15, 0.2) is 24.3 Å². The minimum Gasteiger partial charge on any atom is -0.488 e. The molecule has 0 saturated carbocycles. The molecule has 82 valence electrons. The average molecular weight is 205 g/mol. The first kappa shape index (κ1) is 10.5. The fourth-order valence-electron chi connectivity index (χ4n) is 1.56. The molecule has 2 heteroatoms. The topological polar surface area (TPSA) is 31.2 Å². The van der Waals surface area contributed by atoms with Gasteiger partial charge >= 0.3 is 0 Å². The third-order valence-electron chi connectivity index (χ3n) is 2.32. The van der Waals surface area contributed by atoms with Gasteiger partial charge in [0.05, 0.1) is 0 Å². The van der Waals surface area contributed by atoms with Crippen LogP contribution in [-0.4, -0.2) is 18.2 Å². The van der Waals surface area contributed by atoms with Gasteiger partial charge in [0.2, 0.25) is 0 Å². The van der Waals surface area contributed by atoms with E-state index in [2.05, 4.69) is 50.4 Å². The SMILES string of the molecule is CC(C)(C)Oc1ccc(C[C@H]2CN2)cc1. The van der Waals surface area contributed by atoms with Crippen molar-refractivity contribution >= 4 is 0 Å². The van der Waals surface area contributed by atoms with Crippen molar-refractivity contribution in [2.24, 2.45) is 0 Å². The van der Waals surface area contributed by atoms with Crippen LogP contribution >= 0.6 is 0 Å². The average Bonchev–Trinajstić information content (AvgIpc) is 2.90. The van der Waals surface area contributed by atoms with E-state index in [4.69, 9.17) is 4.74 Å². The van der Waals surface area contributed by atoms with Gasteiger partial charge in [0.1, 0.15) is 11.4 Å². The molecule has 1 fully saturated rings. The van der Waals surface area contributed by atoms with Crippen molar-refractivity contribution in [1.82, 2.24) is 5.32 Å². The van der Waals surface area contributed by atoms with Crippen LogP contribution in [0.2, 0.25) is 0 Å². The summed E-state index contributed by atoms with van der Waals surface area (Å²) in [6.07, 6.45) is 1.13. The predicted octanol–water partition coefficient (Wildman–Crippen LogP) is 2.38. The van der Waals surface area contributed by atoms with Gasteiger partial charge in [0, 0.05) is 12.6 Å². The third kappa shape index (κ3) is 3.56. The van der Waals surface area contributed by atoms with E-state index in [1.165, 1.54) is 12.1 Å². The molecule has 1 aliphatic heterocycles. The number of hydrogen-bond acceptors (Lipinski definition) is 2. The number of ether oxygens (including phenoxy) is 1. The fraction of sp³-hybridized carbons (Fsp3) is 0.538. The summed E-state index contributed by atoms with van der Waals surface area (Å²) >= 11 is 0. The van der Waals surface area contributed by atoms with E-state index in [-0.39, 0.29) is 5.60 Å².